The molecule has 0 atom stereocenters. The van der Waals surface area contributed by atoms with E-state index in [0.29, 0.717) is 11.4 Å². The van der Waals surface area contributed by atoms with Gasteiger partial charge in [-0.2, -0.15) is 0 Å². The number of nitrogens with two attached hydrogens (primary N) is 1. The Kier molecular flexibility index (Phi) is 4.20. The quantitative estimate of drug-likeness (QED) is 0.842. The molecule has 0 radical (unpaired) electrons. The van der Waals surface area contributed by atoms with Crippen molar-refractivity contribution in [3.8, 4) is 5.75 Å². The van der Waals surface area contributed by atoms with Crippen molar-refractivity contribution in [1.29, 1.82) is 0 Å². The average Bonchev–Trinajstić information content (AvgIpc) is 2.38. The number of nitrogen functional groups attached to an aromatic ring is 1. The van der Waals surface area contributed by atoms with E-state index in [4.69, 9.17) is 10.5 Å². The summed E-state index contributed by atoms with van der Waals surface area (Å²) in [6.45, 7) is 0. The monoisotopic (exact) mass is 274 g/mol. The third-order valence-electron chi connectivity index (χ3n) is 2.75. The van der Waals surface area contributed by atoms with Crippen LogP contribution in [0.3, 0.4) is 0 Å². The van der Waals surface area contributed by atoms with Gasteiger partial charge in [0.15, 0.2) is 11.6 Å². The number of methoxy groups -OCH3 is 1. The Labute approximate surface area is 116 Å². The van der Waals surface area contributed by atoms with Crippen molar-refractivity contribution in [2.75, 3.05) is 18.2 Å². The lowest BCUT2D eigenvalue weighted by Gasteiger charge is -2.07. The Balaban J connectivity index is 2.03. The molecule has 2 rings (SSSR count). The van der Waals surface area contributed by atoms with E-state index in [2.05, 4.69) is 5.32 Å². The van der Waals surface area contributed by atoms with Crippen LogP contribution >= 0.6 is 0 Å². The zero-order valence-electron chi connectivity index (χ0n) is 11.0. The van der Waals surface area contributed by atoms with Crippen LogP contribution in [0.5, 0.6) is 5.75 Å². The van der Waals surface area contributed by atoms with Crippen LogP contribution in [-0.2, 0) is 11.2 Å². The molecule has 0 aliphatic carbocycles. The number of carbonyl (C=O) groups excluding carboxylic acids is 1. The summed E-state index contributed by atoms with van der Waals surface area (Å²) in [5, 5.41) is 2.63. The number of amides is 1. The smallest absolute Gasteiger partial charge is 0.228 e. The van der Waals surface area contributed by atoms with Gasteiger partial charge in [0.1, 0.15) is 0 Å². The van der Waals surface area contributed by atoms with Gasteiger partial charge in [0, 0.05) is 17.4 Å². The number of rotatable bonds is 4. The number of halogens is 1. The minimum Gasteiger partial charge on any atom is -0.494 e. The predicted molar refractivity (Wildman–Crippen MR) is 76.1 cm³/mol. The topological polar surface area (TPSA) is 64.3 Å². The summed E-state index contributed by atoms with van der Waals surface area (Å²) in [6, 6.07) is 11.3. The number of benzene rings is 2. The first-order chi connectivity index (χ1) is 9.58. The fourth-order valence-corrected chi connectivity index (χ4v) is 1.84. The van der Waals surface area contributed by atoms with Crippen molar-refractivity contribution in [3.05, 3.63) is 53.8 Å². The molecule has 0 aliphatic heterocycles. The summed E-state index contributed by atoms with van der Waals surface area (Å²) in [4.78, 5) is 11.9. The van der Waals surface area contributed by atoms with Crippen molar-refractivity contribution in [3.63, 3.8) is 0 Å². The standard InChI is InChI=1S/C15H15FN2O2/c1-20-14-6-5-12(9-13(14)16)18-15(19)8-10-3-2-4-11(17)7-10/h2-7,9H,8,17H2,1H3,(H,18,19). The summed E-state index contributed by atoms with van der Waals surface area (Å²) in [5.41, 5.74) is 7.43. The van der Waals surface area contributed by atoms with Crippen LogP contribution in [0.15, 0.2) is 42.5 Å². The van der Waals surface area contributed by atoms with Crippen LogP contribution in [0.25, 0.3) is 0 Å². The van der Waals surface area contributed by atoms with Gasteiger partial charge in [-0.15, -0.1) is 0 Å². The molecule has 5 heteroatoms. The summed E-state index contributed by atoms with van der Waals surface area (Å²) < 4.78 is 18.3. The number of ether oxygens (including phenoxy) is 1. The second kappa shape index (κ2) is 6.06. The predicted octanol–water partition coefficient (Wildman–Crippen LogP) is 2.60. The van der Waals surface area contributed by atoms with Gasteiger partial charge >= 0.3 is 0 Å². The second-order valence-corrected chi connectivity index (χ2v) is 4.32. The number of carbonyl (C=O) groups is 1. The zero-order valence-corrected chi connectivity index (χ0v) is 11.0. The van der Waals surface area contributed by atoms with Crippen LogP contribution in [0.1, 0.15) is 5.56 Å². The average molecular weight is 274 g/mol. The Morgan fingerprint density at radius 3 is 2.75 bits per heavy atom. The highest BCUT2D eigenvalue weighted by atomic mass is 19.1. The van der Waals surface area contributed by atoms with E-state index in [1.807, 2.05) is 6.07 Å². The van der Waals surface area contributed by atoms with Crippen molar-refractivity contribution in [2.45, 2.75) is 6.42 Å². The number of hydrogen-bond acceptors (Lipinski definition) is 3. The molecule has 0 saturated carbocycles. The van der Waals surface area contributed by atoms with Gasteiger partial charge in [-0.25, -0.2) is 4.39 Å². The summed E-state index contributed by atoms with van der Waals surface area (Å²) in [6.07, 6.45) is 0.179. The molecular formula is C15H15FN2O2. The van der Waals surface area contributed by atoms with Gasteiger partial charge in [-0.1, -0.05) is 12.1 Å². The van der Waals surface area contributed by atoms with E-state index < -0.39 is 5.82 Å². The Morgan fingerprint density at radius 1 is 1.30 bits per heavy atom. The molecule has 0 heterocycles. The van der Waals surface area contributed by atoms with Crippen molar-refractivity contribution < 1.29 is 13.9 Å². The van der Waals surface area contributed by atoms with E-state index in [9.17, 15) is 9.18 Å². The number of hydrogen-bond donors (Lipinski definition) is 2. The molecule has 0 aromatic heterocycles. The molecule has 0 unspecified atom stereocenters. The van der Waals surface area contributed by atoms with E-state index in [1.54, 1.807) is 24.3 Å². The molecule has 0 spiro atoms. The highest BCUT2D eigenvalue weighted by Crippen LogP contribution is 2.20. The molecule has 2 aromatic rings. The first-order valence-corrected chi connectivity index (χ1v) is 6.06. The molecule has 2 aromatic carbocycles. The minimum absolute atomic E-state index is 0.138. The lowest BCUT2D eigenvalue weighted by molar-refractivity contribution is -0.115. The summed E-state index contributed by atoms with van der Waals surface area (Å²) >= 11 is 0. The fourth-order valence-electron chi connectivity index (χ4n) is 1.84. The molecule has 0 saturated heterocycles. The highest BCUT2D eigenvalue weighted by Gasteiger charge is 2.07. The molecule has 0 aliphatic rings. The Morgan fingerprint density at radius 2 is 2.10 bits per heavy atom. The zero-order chi connectivity index (χ0) is 14.5. The minimum atomic E-state index is -0.519. The fraction of sp³-hybridized carbons (Fsp3) is 0.133. The molecule has 20 heavy (non-hydrogen) atoms. The second-order valence-electron chi connectivity index (χ2n) is 4.32. The van der Waals surface area contributed by atoms with Crippen LogP contribution in [0.4, 0.5) is 15.8 Å². The van der Waals surface area contributed by atoms with Crippen LogP contribution in [-0.4, -0.2) is 13.0 Å². The normalized spacial score (nSPS) is 10.1. The molecule has 4 nitrogen and oxygen atoms in total. The maximum Gasteiger partial charge on any atom is 0.228 e. The molecule has 3 N–H and O–H groups in total. The van der Waals surface area contributed by atoms with Crippen LogP contribution < -0.4 is 15.8 Å². The van der Waals surface area contributed by atoms with Gasteiger partial charge in [-0.3, -0.25) is 4.79 Å². The Bertz CT molecular complexity index is 629. The van der Waals surface area contributed by atoms with E-state index in [-0.39, 0.29) is 18.1 Å². The summed E-state index contributed by atoms with van der Waals surface area (Å²) in [5.74, 6) is -0.617. The van der Waals surface area contributed by atoms with Crippen molar-refractivity contribution in [1.82, 2.24) is 0 Å². The van der Waals surface area contributed by atoms with Crippen LogP contribution in [0.2, 0.25) is 0 Å². The largest absolute Gasteiger partial charge is 0.494 e. The van der Waals surface area contributed by atoms with Gasteiger partial charge in [0.25, 0.3) is 0 Å². The first-order valence-electron chi connectivity index (χ1n) is 6.06. The molecule has 104 valence electrons. The van der Waals surface area contributed by atoms with Gasteiger partial charge in [0.2, 0.25) is 5.91 Å². The Hall–Kier alpha value is -2.56. The van der Waals surface area contributed by atoms with Crippen molar-refractivity contribution in [2.24, 2.45) is 0 Å². The van der Waals surface area contributed by atoms with E-state index in [1.165, 1.54) is 19.2 Å². The maximum absolute atomic E-state index is 13.5. The highest BCUT2D eigenvalue weighted by molar-refractivity contribution is 5.92. The van der Waals surface area contributed by atoms with Crippen molar-refractivity contribution >= 4 is 17.3 Å². The molecular weight excluding hydrogens is 259 g/mol. The number of anilines is 2. The van der Waals surface area contributed by atoms with Gasteiger partial charge in [0.05, 0.1) is 13.5 Å². The maximum atomic E-state index is 13.5. The molecule has 1 amide bonds. The summed E-state index contributed by atoms with van der Waals surface area (Å²) in [7, 11) is 1.39. The SMILES string of the molecule is COc1ccc(NC(=O)Cc2cccc(N)c2)cc1F. The third kappa shape index (κ3) is 3.47. The van der Waals surface area contributed by atoms with Gasteiger partial charge < -0.3 is 15.8 Å². The van der Waals surface area contributed by atoms with Crippen LogP contribution in [0, 0.1) is 5.82 Å². The molecule has 0 bridgehead atoms. The third-order valence-corrected chi connectivity index (χ3v) is 2.75. The lowest BCUT2D eigenvalue weighted by atomic mass is 10.1. The lowest BCUT2D eigenvalue weighted by Crippen LogP contribution is -2.14. The van der Waals surface area contributed by atoms with E-state index in [0.717, 1.165) is 5.56 Å². The first kappa shape index (κ1) is 13.9. The van der Waals surface area contributed by atoms with E-state index >= 15 is 0 Å². The number of nitrogens with one attached hydrogen (secondary N) is 1. The molecule has 0 fully saturated rings. The van der Waals surface area contributed by atoms with Gasteiger partial charge in [-0.05, 0) is 29.8 Å².